The minimum Gasteiger partial charge on any atom is -0.320 e. The Balaban J connectivity index is 2.16. The lowest BCUT2D eigenvalue weighted by molar-refractivity contribution is -0.110. The molecule has 0 spiro atoms. The predicted octanol–water partition coefficient (Wildman–Crippen LogP) is 5.50. The summed E-state index contributed by atoms with van der Waals surface area (Å²) in [6, 6.07) is 7.78. The Morgan fingerprint density at radius 2 is 1.95 bits per heavy atom. The van der Waals surface area contributed by atoms with Crippen molar-refractivity contribution in [3.05, 3.63) is 61.2 Å². The molecule has 1 amide bonds. The van der Waals surface area contributed by atoms with Gasteiger partial charge in [-0.2, -0.15) is 0 Å². The van der Waals surface area contributed by atoms with Gasteiger partial charge in [0.15, 0.2) is 0 Å². The lowest BCUT2D eigenvalue weighted by atomic mass is 10.0. The molecule has 2 aromatic carbocycles. The quantitative estimate of drug-likeness (QED) is 0.594. The van der Waals surface area contributed by atoms with Crippen LogP contribution in [0.15, 0.2) is 39.3 Å². The van der Waals surface area contributed by atoms with Crippen molar-refractivity contribution >= 4 is 66.7 Å². The van der Waals surface area contributed by atoms with Crippen LogP contribution in [0.3, 0.4) is 0 Å². The van der Waals surface area contributed by atoms with Gasteiger partial charge in [-0.1, -0.05) is 33.6 Å². The maximum Gasteiger partial charge on any atom is 0.256 e. The van der Waals surface area contributed by atoms with E-state index in [1.807, 2.05) is 12.1 Å². The molecule has 2 nitrogen and oxygen atoms in total. The van der Waals surface area contributed by atoms with Gasteiger partial charge in [0.2, 0.25) is 0 Å². The summed E-state index contributed by atoms with van der Waals surface area (Å²) in [6.07, 6.45) is 1.65. The van der Waals surface area contributed by atoms with Gasteiger partial charge in [-0.15, -0.1) is 0 Å². The number of hydrogen-bond donors (Lipinski definition) is 1. The number of carbonyl (C=O) groups excluding carboxylic acids is 1. The van der Waals surface area contributed by atoms with Crippen molar-refractivity contribution in [3.63, 3.8) is 0 Å². The van der Waals surface area contributed by atoms with E-state index in [1.54, 1.807) is 12.1 Å². The molecule has 1 N–H and O–H groups in total. The largest absolute Gasteiger partial charge is 0.320 e. The number of nitrogens with one attached hydrogen (secondary N) is 1. The monoisotopic (exact) mass is 429 g/mol. The first-order valence-electron chi connectivity index (χ1n) is 5.93. The van der Waals surface area contributed by atoms with Crippen molar-refractivity contribution in [3.8, 4) is 0 Å². The predicted molar refractivity (Wildman–Crippen MR) is 89.8 cm³/mol. The summed E-state index contributed by atoms with van der Waals surface area (Å²) in [7, 11) is 0. The fourth-order valence-electron chi connectivity index (χ4n) is 2.13. The van der Waals surface area contributed by atoms with E-state index in [1.165, 1.54) is 12.1 Å². The molecular formula is C15H7Br2ClFNO. The van der Waals surface area contributed by atoms with Crippen molar-refractivity contribution < 1.29 is 9.18 Å². The van der Waals surface area contributed by atoms with Gasteiger partial charge in [-0.25, -0.2) is 4.39 Å². The molecule has 6 heteroatoms. The molecule has 2 aromatic rings. The second kappa shape index (κ2) is 5.55. The molecule has 0 saturated heterocycles. The molecule has 1 heterocycles. The molecule has 21 heavy (non-hydrogen) atoms. The van der Waals surface area contributed by atoms with Crippen LogP contribution in [-0.2, 0) is 4.79 Å². The molecule has 0 radical (unpaired) electrons. The minimum absolute atomic E-state index is 0.218. The van der Waals surface area contributed by atoms with Gasteiger partial charge < -0.3 is 5.32 Å². The van der Waals surface area contributed by atoms with Crippen LogP contribution in [-0.4, -0.2) is 5.91 Å². The third-order valence-corrected chi connectivity index (χ3v) is 4.50. The van der Waals surface area contributed by atoms with E-state index in [9.17, 15) is 9.18 Å². The summed E-state index contributed by atoms with van der Waals surface area (Å²) < 4.78 is 14.7. The van der Waals surface area contributed by atoms with Crippen molar-refractivity contribution in [2.45, 2.75) is 0 Å². The van der Waals surface area contributed by atoms with Gasteiger partial charge in [0.1, 0.15) is 5.82 Å². The first-order valence-corrected chi connectivity index (χ1v) is 7.89. The Morgan fingerprint density at radius 1 is 1.19 bits per heavy atom. The van der Waals surface area contributed by atoms with Crippen LogP contribution in [0, 0.1) is 5.82 Å². The van der Waals surface area contributed by atoms with Crippen molar-refractivity contribution in [2.75, 3.05) is 5.32 Å². The van der Waals surface area contributed by atoms with E-state index >= 15 is 0 Å². The number of anilines is 1. The Labute approximate surface area is 142 Å². The van der Waals surface area contributed by atoms with Crippen LogP contribution in [0.4, 0.5) is 10.1 Å². The molecule has 0 aliphatic carbocycles. The summed E-state index contributed by atoms with van der Waals surface area (Å²) in [4.78, 5) is 12.1. The second-order valence-corrected chi connectivity index (χ2v) is 6.67. The number of carbonyl (C=O) groups is 1. The first-order chi connectivity index (χ1) is 9.95. The normalized spacial score (nSPS) is 15.2. The van der Waals surface area contributed by atoms with E-state index in [0.717, 1.165) is 14.5 Å². The highest BCUT2D eigenvalue weighted by Gasteiger charge is 2.26. The maximum absolute atomic E-state index is 13.1. The highest BCUT2D eigenvalue weighted by Crippen LogP contribution is 2.40. The van der Waals surface area contributed by atoms with Crippen molar-refractivity contribution in [1.29, 1.82) is 0 Å². The number of rotatable bonds is 1. The van der Waals surface area contributed by atoms with Crippen LogP contribution in [0.1, 0.15) is 11.1 Å². The standard InChI is InChI=1S/C15H7Br2ClFNO/c16-8-4-10-11(15(21)20-14(10)12(17)5-8)3-7-1-2-9(19)6-13(7)18/h1-6H,(H,20,21). The second-order valence-electron chi connectivity index (χ2n) is 4.49. The van der Waals surface area contributed by atoms with Gasteiger partial charge in [-0.3, -0.25) is 4.79 Å². The molecule has 0 unspecified atom stereocenters. The molecule has 106 valence electrons. The van der Waals surface area contributed by atoms with Gasteiger partial charge in [-0.05, 0) is 51.8 Å². The summed E-state index contributed by atoms with van der Waals surface area (Å²) >= 11 is 12.8. The van der Waals surface area contributed by atoms with Crippen LogP contribution < -0.4 is 5.32 Å². The van der Waals surface area contributed by atoms with Crippen molar-refractivity contribution in [1.82, 2.24) is 0 Å². The van der Waals surface area contributed by atoms with E-state index in [0.29, 0.717) is 16.8 Å². The number of amides is 1. The molecular weight excluding hydrogens is 424 g/mol. The lowest BCUT2D eigenvalue weighted by Gasteiger charge is -2.03. The molecule has 0 aromatic heterocycles. The highest BCUT2D eigenvalue weighted by molar-refractivity contribution is 9.11. The minimum atomic E-state index is -0.413. The fraction of sp³-hybridized carbons (Fsp3) is 0. The van der Waals surface area contributed by atoms with Crippen LogP contribution in [0.25, 0.3) is 11.6 Å². The fourth-order valence-corrected chi connectivity index (χ4v) is 3.68. The third-order valence-electron chi connectivity index (χ3n) is 3.09. The van der Waals surface area contributed by atoms with E-state index in [2.05, 4.69) is 37.2 Å². The van der Waals surface area contributed by atoms with E-state index in [4.69, 9.17) is 11.6 Å². The SMILES string of the molecule is O=C1Nc2c(Br)cc(Br)cc2C1=Cc1ccc(F)cc1Cl. The smallest absolute Gasteiger partial charge is 0.256 e. The molecule has 1 aliphatic heterocycles. The van der Waals surface area contributed by atoms with Crippen molar-refractivity contribution in [2.24, 2.45) is 0 Å². The summed E-state index contributed by atoms with van der Waals surface area (Å²) in [5.74, 6) is -0.631. The zero-order valence-electron chi connectivity index (χ0n) is 10.4. The van der Waals surface area contributed by atoms with Gasteiger partial charge in [0.25, 0.3) is 5.91 Å². The zero-order chi connectivity index (χ0) is 15.1. The van der Waals surface area contributed by atoms with Gasteiger partial charge >= 0.3 is 0 Å². The maximum atomic E-state index is 13.1. The number of fused-ring (bicyclic) bond motifs is 1. The highest BCUT2D eigenvalue weighted by atomic mass is 79.9. The average Bonchev–Trinajstić information content (AvgIpc) is 2.70. The molecule has 0 fully saturated rings. The number of halogens is 4. The Hall–Kier alpha value is -1.17. The Kier molecular flexibility index (Phi) is 3.90. The van der Waals surface area contributed by atoms with Gasteiger partial charge in [0.05, 0.1) is 10.7 Å². The molecule has 0 bridgehead atoms. The van der Waals surface area contributed by atoms with Crippen LogP contribution >= 0.6 is 43.5 Å². The Morgan fingerprint density at radius 3 is 2.67 bits per heavy atom. The number of hydrogen-bond acceptors (Lipinski definition) is 1. The zero-order valence-corrected chi connectivity index (χ0v) is 14.3. The molecule has 0 saturated carbocycles. The molecule has 1 aliphatic rings. The van der Waals surface area contributed by atoms with E-state index in [-0.39, 0.29) is 10.9 Å². The Bertz CT molecular complexity index is 805. The summed E-state index contributed by atoms with van der Waals surface area (Å²) in [5, 5.41) is 3.06. The molecule has 0 atom stereocenters. The topological polar surface area (TPSA) is 29.1 Å². The third kappa shape index (κ3) is 2.78. The van der Waals surface area contributed by atoms with Crippen LogP contribution in [0.5, 0.6) is 0 Å². The number of benzene rings is 2. The van der Waals surface area contributed by atoms with E-state index < -0.39 is 5.82 Å². The first kappa shape index (κ1) is 14.8. The average molecular weight is 431 g/mol. The summed E-state index contributed by atoms with van der Waals surface area (Å²) in [5.41, 5.74) is 2.56. The van der Waals surface area contributed by atoms with Crippen LogP contribution in [0.2, 0.25) is 5.02 Å². The van der Waals surface area contributed by atoms with Gasteiger partial charge in [0, 0.05) is 20.1 Å². The lowest BCUT2D eigenvalue weighted by Crippen LogP contribution is -2.03. The summed E-state index contributed by atoms with van der Waals surface area (Å²) in [6.45, 7) is 0. The molecule has 3 rings (SSSR count).